The smallest absolute Gasteiger partial charge is 0.262 e. The van der Waals surface area contributed by atoms with Crippen molar-refractivity contribution in [1.29, 1.82) is 0 Å². The van der Waals surface area contributed by atoms with Gasteiger partial charge in [0.2, 0.25) is 0 Å². The number of hydrogen-bond acceptors (Lipinski definition) is 5. The first kappa shape index (κ1) is 13.6. The fraction of sp³-hybridized carbons (Fsp3) is 0.400. The Bertz CT molecular complexity index is 667. The van der Waals surface area contributed by atoms with Crippen molar-refractivity contribution >= 4 is 15.8 Å². The normalized spacial score (nSPS) is 12.2. The summed E-state index contributed by atoms with van der Waals surface area (Å²) in [5, 5.41) is -0.00999. The zero-order chi connectivity index (χ0) is 14.2. The van der Waals surface area contributed by atoms with Crippen molar-refractivity contribution < 1.29 is 8.42 Å². The van der Waals surface area contributed by atoms with Gasteiger partial charge in [0.25, 0.3) is 10.0 Å². The summed E-state index contributed by atoms with van der Waals surface area (Å²) in [7, 11) is 1.18. The molecule has 0 aliphatic rings. The average molecular weight is 284 g/mol. The van der Waals surface area contributed by atoms with E-state index in [2.05, 4.69) is 9.97 Å². The van der Waals surface area contributed by atoms with E-state index in [9.17, 15) is 8.42 Å². The summed E-state index contributed by atoms with van der Waals surface area (Å²) >= 11 is 0. The first-order valence-corrected chi connectivity index (χ1v) is 6.97. The maximum absolute atomic E-state index is 12.4. The molecule has 0 saturated carbocycles. The predicted octanol–water partition coefficient (Wildman–Crippen LogP) is -0.443. The highest BCUT2D eigenvalue weighted by atomic mass is 32.2. The summed E-state index contributed by atoms with van der Waals surface area (Å²) in [6.45, 7) is 0.163. The molecule has 2 aromatic rings. The van der Waals surface area contributed by atoms with Crippen molar-refractivity contribution in [3.05, 3.63) is 24.5 Å². The van der Waals surface area contributed by atoms with E-state index >= 15 is 0 Å². The third-order valence-corrected chi connectivity index (χ3v) is 4.78. The van der Waals surface area contributed by atoms with Crippen LogP contribution in [-0.2, 0) is 30.7 Å². The number of anilines is 1. The van der Waals surface area contributed by atoms with E-state index in [-0.39, 0.29) is 17.4 Å². The van der Waals surface area contributed by atoms with Crippen LogP contribution in [0.15, 0.2) is 23.7 Å². The topological polar surface area (TPSA) is 99.0 Å². The van der Waals surface area contributed by atoms with Crippen molar-refractivity contribution in [1.82, 2.24) is 23.4 Å². The van der Waals surface area contributed by atoms with Crippen LogP contribution in [-0.4, -0.2) is 38.9 Å². The van der Waals surface area contributed by atoms with Gasteiger partial charge in [0.15, 0.2) is 10.8 Å². The lowest BCUT2D eigenvalue weighted by molar-refractivity contribution is 0.446. The van der Waals surface area contributed by atoms with Crippen LogP contribution in [0.25, 0.3) is 0 Å². The van der Waals surface area contributed by atoms with Crippen LogP contribution in [0.5, 0.6) is 0 Å². The molecule has 0 aliphatic heterocycles. The Morgan fingerprint density at radius 1 is 1.32 bits per heavy atom. The Hall–Kier alpha value is -1.87. The molecule has 104 valence electrons. The Balaban J connectivity index is 2.33. The van der Waals surface area contributed by atoms with Crippen LogP contribution < -0.4 is 5.73 Å². The minimum absolute atomic E-state index is 0.00538. The molecule has 8 nitrogen and oxygen atoms in total. The Kier molecular flexibility index (Phi) is 3.33. The van der Waals surface area contributed by atoms with Gasteiger partial charge in [0.05, 0.1) is 12.9 Å². The van der Waals surface area contributed by atoms with Crippen molar-refractivity contribution in [2.24, 2.45) is 14.1 Å². The number of hydrogen-bond donors (Lipinski definition) is 1. The van der Waals surface area contributed by atoms with Gasteiger partial charge in [-0.2, -0.15) is 4.31 Å². The molecule has 19 heavy (non-hydrogen) atoms. The van der Waals surface area contributed by atoms with Gasteiger partial charge in [-0.05, 0) is 0 Å². The number of rotatable bonds is 4. The number of aromatic nitrogens is 4. The standard InChI is InChI=1S/C10H16N6O2S/c1-14-5-4-12-8(14)6-16(3)19(17,18)10-9(11)13-7-15(10)2/h4-5,7H,6,11H2,1-3H3. The number of imidazole rings is 2. The molecule has 2 aromatic heterocycles. The summed E-state index contributed by atoms with van der Waals surface area (Å²) in [6, 6.07) is 0. The van der Waals surface area contributed by atoms with Crippen molar-refractivity contribution in [3.63, 3.8) is 0 Å². The maximum atomic E-state index is 12.4. The Morgan fingerprint density at radius 2 is 2.00 bits per heavy atom. The summed E-state index contributed by atoms with van der Waals surface area (Å²) in [6.07, 6.45) is 4.75. The molecule has 0 unspecified atom stereocenters. The molecule has 0 saturated heterocycles. The van der Waals surface area contributed by atoms with Gasteiger partial charge < -0.3 is 14.9 Å². The van der Waals surface area contributed by atoms with E-state index in [0.29, 0.717) is 5.82 Å². The number of nitrogens with two attached hydrogens (primary N) is 1. The molecule has 0 atom stereocenters. The third kappa shape index (κ3) is 2.34. The molecule has 9 heteroatoms. The average Bonchev–Trinajstić information content (AvgIpc) is 2.86. The monoisotopic (exact) mass is 284 g/mol. The van der Waals surface area contributed by atoms with Gasteiger partial charge >= 0.3 is 0 Å². The van der Waals surface area contributed by atoms with Gasteiger partial charge in [0, 0.05) is 33.5 Å². The van der Waals surface area contributed by atoms with Gasteiger partial charge in [0.1, 0.15) is 5.82 Å². The fourth-order valence-electron chi connectivity index (χ4n) is 1.73. The minimum Gasteiger partial charge on any atom is -0.381 e. The molecule has 0 fully saturated rings. The largest absolute Gasteiger partial charge is 0.381 e. The molecular formula is C10H16N6O2S. The predicted molar refractivity (Wildman–Crippen MR) is 69.5 cm³/mol. The highest BCUT2D eigenvalue weighted by Crippen LogP contribution is 2.20. The van der Waals surface area contributed by atoms with E-state index in [4.69, 9.17) is 5.73 Å². The number of aryl methyl sites for hydroxylation is 2. The SMILES string of the molecule is CN(Cc1nccn1C)S(=O)(=O)c1c(N)ncn1C. The van der Waals surface area contributed by atoms with Crippen LogP contribution in [0, 0.1) is 0 Å². The first-order chi connectivity index (χ1) is 8.84. The Morgan fingerprint density at radius 3 is 2.47 bits per heavy atom. The molecule has 0 spiro atoms. The highest BCUT2D eigenvalue weighted by molar-refractivity contribution is 7.89. The van der Waals surface area contributed by atoms with Crippen LogP contribution in [0.1, 0.15) is 5.82 Å². The van der Waals surface area contributed by atoms with Gasteiger partial charge in [-0.15, -0.1) is 0 Å². The summed E-state index contributed by atoms with van der Waals surface area (Å²) in [5.74, 6) is 0.640. The van der Waals surface area contributed by atoms with Crippen LogP contribution >= 0.6 is 0 Å². The molecule has 2 heterocycles. The van der Waals surface area contributed by atoms with E-state index in [0.717, 1.165) is 0 Å². The molecule has 0 bridgehead atoms. The van der Waals surface area contributed by atoms with E-state index in [1.807, 2.05) is 0 Å². The van der Waals surface area contributed by atoms with Gasteiger partial charge in [-0.1, -0.05) is 0 Å². The third-order valence-electron chi connectivity index (χ3n) is 2.85. The highest BCUT2D eigenvalue weighted by Gasteiger charge is 2.28. The summed E-state index contributed by atoms with van der Waals surface area (Å²) in [4.78, 5) is 7.89. The molecule has 0 aromatic carbocycles. The molecule has 0 aliphatic carbocycles. The van der Waals surface area contributed by atoms with Crippen LogP contribution in [0.4, 0.5) is 5.82 Å². The van der Waals surface area contributed by atoms with Crippen LogP contribution in [0.2, 0.25) is 0 Å². The second kappa shape index (κ2) is 4.67. The second-order valence-electron chi connectivity index (χ2n) is 4.26. The number of nitrogens with zero attached hydrogens (tertiary/aromatic N) is 5. The van der Waals surface area contributed by atoms with Gasteiger partial charge in [-0.3, -0.25) is 0 Å². The lowest BCUT2D eigenvalue weighted by atomic mass is 10.6. The minimum atomic E-state index is -3.69. The quantitative estimate of drug-likeness (QED) is 0.820. The number of sulfonamides is 1. The summed E-state index contributed by atoms with van der Waals surface area (Å²) < 4.78 is 29.2. The molecule has 0 amide bonds. The second-order valence-corrected chi connectivity index (χ2v) is 6.22. The molecule has 2 rings (SSSR count). The van der Waals surface area contributed by atoms with Crippen molar-refractivity contribution in [3.8, 4) is 0 Å². The van der Waals surface area contributed by atoms with E-state index in [1.54, 1.807) is 31.1 Å². The summed E-state index contributed by atoms with van der Waals surface area (Å²) in [5.41, 5.74) is 5.61. The van der Waals surface area contributed by atoms with E-state index < -0.39 is 10.0 Å². The maximum Gasteiger partial charge on any atom is 0.262 e. The van der Waals surface area contributed by atoms with Crippen LogP contribution in [0.3, 0.4) is 0 Å². The molecule has 0 radical (unpaired) electrons. The Labute approximate surface area is 111 Å². The van der Waals surface area contributed by atoms with Gasteiger partial charge in [-0.25, -0.2) is 18.4 Å². The zero-order valence-corrected chi connectivity index (χ0v) is 11.8. The fourth-order valence-corrected chi connectivity index (χ4v) is 3.04. The molecular weight excluding hydrogens is 268 g/mol. The van der Waals surface area contributed by atoms with E-state index in [1.165, 1.54) is 22.2 Å². The zero-order valence-electron chi connectivity index (χ0n) is 11.0. The lowest BCUT2D eigenvalue weighted by Crippen LogP contribution is -2.29. The first-order valence-electron chi connectivity index (χ1n) is 5.53. The van der Waals surface area contributed by atoms with Crippen molar-refractivity contribution in [2.45, 2.75) is 11.6 Å². The molecule has 2 N–H and O–H groups in total. The number of nitrogen functional groups attached to an aromatic ring is 1. The van der Waals surface area contributed by atoms with Crippen molar-refractivity contribution in [2.75, 3.05) is 12.8 Å². The lowest BCUT2D eigenvalue weighted by Gasteiger charge is -2.17.